The lowest BCUT2D eigenvalue weighted by Gasteiger charge is -1.92. The van der Waals surface area contributed by atoms with Gasteiger partial charge in [0, 0.05) is 17.5 Å². The summed E-state index contributed by atoms with van der Waals surface area (Å²) >= 11 is 1.74. The maximum absolute atomic E-state index is 4.55. The smallest absolute Gasteiger partial charge is 0.158 e. The molecule has 3 aromatic rings. The van der Waals surface area contributed by atoms with Gasteiger partial charge < -0.3 is 0 Å². The number of nitrogens with zero attached hydrogens (tertiary/aromatic N) is 3. The van der Waals surface area contributed by atoms with Gasteiger partial charge in [0.2, 0.25) is 0 Å². The van der Waals surface area contributed by atoms with Gasteiger partial charge in [-0.15, -0.1) is 11.3 Å². The van der Waals surface area contributed by atoms with E-state index < -0.39 is 0 Å². The van der Waals surface area contributed by atoms with Crippen molar-refractivity contribution in [2.24, 2.45) is 0 Å². The molecule has 0 bridgehead atoms. The minimum absolute atomic E-state index is 0.818. The van der Waals surface area contributed by atoms with Crippen molar-refractivity contribution < 1.29 is 0 Å². The first-order valence-electron chi connectivity index (χ1n) is 5.16. The fourth-order valence-corrected chi connectivity index (χ4v) is 2.43. The van der Waals surface area contributed by atoms with E-state index in [9.17, 15) is 0 Å². The van der Waals surface area contributed by atoms with Crippen molar-refractivity contribution in [2.45, 2.75) is 13.3 Å². The second-order valence-electron chi connectivity index (χ2n) is 3.74. The molecule has 0 saturated carbocycles. The van der Waals surface area contributed by atoms with E-state index in [1.807, 2.05) is 16.8 Å². The van der Waals surface area contributed by atoms with Crippen molar-refractivity contribution in [1.29, 1.82) is 0 Å². The van der Waals surface area contributed by atoms with Crippen LogP contribution >= 0.6 is 11.3 Å². The largest absolute Gasteiger partial charge is 0.221 e. The predicted octanol–water partition coefficient (Wildman–Crippen LogP) is 2.69. The normalized spacial score (nSPS) is 11.1. The summed E-state index contributed by atoms with van der Waals surface area (Å²) in [6.45, 7) is 2.05. The van der Waals surface area contributed by atoms with E-state index >= 15 is 0 Å². The number of hydrogen-bond donors (Lipinski definition) is 0. The molecule has 4 heteroatoms. The lowest BCUT2D eigenvalue weighted by Crippen LogP contribution is -1.89. The summed E-state index contributed by atoms with van der Waals surface area (Å²) in [7, 11) is 0. The molecule has 0 unspecified atom stereocenters. The third-order valence-electron chi connectivity index (χ3n) is 2.51. The summed E-state index contributed by atoms with van der Waals surface area (Å²) in [5, 5.41) is 6.54. The number of thiophene rings is 1. The molecular weight excluding hydrogens is 218 g/mol. The Labute approximate surface area is 97.4 Å². The van der Waals surface area contributed by atoms with Gasteiger partial charge in [0.05, 0.1) is 0 Å². The van der Waals surface area contributed by atoms with Crippen LogP contribution in [0.2, 0.25) is 0 Å². The Morgan fingerprint density at radius 3 is 3.00 bits per heavy atom. The van der Waals surface area contributed by atoms with Crippen molar-refractivity contribution in [2.75, 3.05) is 0 Å². The highest BCUT2D eigenvalue weighted by Gasteiger charge is 2.06. The number of aryl methyl sites for hydroxylation is 1. The van der Waals surface area contributed by atoms with Crippen LogP contribution in [-0.4, -0.2) is 14.6 Å². The van der Waals surface area contributed by atoms with Crippen LogP contribution in [0, 0.1) is 6.92 Å². The summed E-state index contributed by atoms with van der Waals surface area (Å²) in [4.78, 5) is 5.85. The molecule has 0 aliphatic heterocycles. The van der Waals surface area contributed by atoms with Crippen LogP contribution in [0.5, 0.6) is 0 Å². The van der Waals surface area contributed by atoms with Gasteiger partial charge in [0.15, 0.2) is 11.5 Å². The van der Waals surface area contributed by atoms with Gasteiger partial charge in [-0.2, -0.15) is 5.10 Å². The average Bonchev–Trinajstić information content (AvgIpc) is 2.88. The van der Waals surface area contributed by atoms with Crippen LogP contribution in [0.25, 0.3) is 5.65 Å². The zero-order valence-corrected chi connectivity index (χ0v) is 9.74. The summed E-state index contributed by atoms with van der Waals surface area (Å²) in [5.74, 6) is 0.886. The van der Waals surface area contributed by atoms with E-state index in [1.165, 1.54) is 4.88 Å². The second-order valence-corrected chi connectivity index (χ2v) is 4.78. The summed E-state index contributed by atoms with van der Waals surface area (Å²) in [5.41, 5.74) is 2.11. The van der Waals surface area contributed by atoms with E-state index in [4.69, 9.17) is 0 Å². The first kappa shape index (κ1) is 9.54. The van der Waals surface area contributed by atoms with E-state index in [0.717, 1.165) is 23.5 Å². The molecule has 0 saturated heterocycles. The van der Waals surface area contributed by atoms with E-state index in [1.54, 1.807) is 11.3 Å². The monoisotopic (exact) mass is 229 g/mol. The minimum atomic E-state index is 0.818. The third-order valence-corrected chi connectivity index (χ3v) is 3.39. The van der Waals surface area contributed by atoms with Crippen molar-refractivity contribution in [1.82, 2.24) is 14.6 Å². The lowest BCUT2D eigenvalue weighted by atomic mass is 10.3. The number of hydrogen-bond acceptors (Lipinski definition) is 3. The summed E-state index contributed by atoms with van der Waals surface area (Å²) < 4.78 is 1.85. The maximum atomic E-state index is 4.55. The average molecular weight is 229 g/mol. The Balaban J connectivity index is 2.02. The van der Waals surface area contributed by atoms with E-state index in [-0.39, 0.29) is 0 Å². The van der Waals surface area contributed by atoms with Gasteiger partial charge >= 0.3 is 0 Å². The van der Waals surface area contributed by atoms with Gasteiger partial charge in [0.1, 0.15) is 0 Å². The molecule has 0 aromatic carbocycles. The number of fused-ring (bicyclic) bond motifs is 1. The van der Waals surface area contributed by atoms with Crippen molar-refractivity contribution in [3.05, 3.63) is 52.1 Å². The Hall–Kier alpha value is -1.68. The quantitative estimate of drug-likeness (QED) is 0.676. The Kier molecular flexibility index (Phi) is 2.22. The molecule has 0 aliphatic rings. The molecule has 0 radical (unpaired) electrons. The third kappa shape index (κ3) is 1.61. The Morgan fingerprint density at radius 2 is 2.25 bits per heavy atom. The molecule has 3 heterocycles. The molecular formula is C12H11N3S. The van der Waals surface area contributed by atoms with Crippen LogP contribution in [-0.2, 0) is 6.42 Å². The standard InChI is InChI=1S/C12H11N3S/c1-9-4-2-6-15-12(9)13-11(14-15)8-10-5-3-7-16-10/h2-7H,8H2,1H3. The highest BCUT2D eigenvalue weighted by atomic mass is 32.1. The molecule has 3 nitrogen and oxygen atoms in total. The fraction of sp³-hybridized carbons (Fsp3) is 0.167. The topological polar surface area (TPSA) is 30.2 Å². The number of pyridine rings is 1. The lowest BCUT2D eigenvalue weighted by molar-refractivity contribution is 0.903. The molecule has 0 N–H and O–H groups in total. The van der Waals surface area contributed by atoms with Gasteiger partial charge in [-0.3, -0.25) is 0 Å². The highest BCUT2D eigenvalue weighted by Crippen LogP contribution is 2.14. The molecule has 0 amide bonds. The SMILES string of the molecule is Cc1cccn2nc(Cc3cccs3)nc12. The summed E-state index contributed by atoms with van der Waals surface area (Å²) in [6.07, 6.45) is 2.76. The zero-order valence-electron chi connectivity index (χ0n) is 8.92. The van der Waals surface area contributed by atoms with Crippen molar-refractivity contribution >= 4 is 17.0 Å². The van der Waals surface area contributed by atoms with Gasteiger partial charge in [-0.25, -0.2) is 9.50 Å². The van der Waals surface area contributed by atoms with Crippen molar-refractivity contribution in [3.63, 3.8) is 0 Å². The molecule has 0 aliphatic carbocycles. The predicted molar refractivity (Wildman–Crippen MR) is 64.8 cm³/mol. The van der Waals surface area contributed by atoms with Gasteiger partial charge in [-0.1, -0.05) is 12.1 Å². The molecule has 0 atom stereocenters. The van der Waals surface area contributed by atoms with Crippen LogP contribution in [0.1, 0.15) is 16.3 Å². The zero-order chi connectivity index (χ0) is 11.0. The van der Waals surface area contributed by atoms with Crippen LogP contribution in [0.4, 0.5) is 0 Å². The molecule has 0 spiro atoms. The van der Waals surface area contributed by atoms with Gasteiger partial charge in [0.25, 0.3) is 0 Å². The van der Waals surface area contributed by atoms with E-state index in [0.29, 0.717) is 0 Å². The molecule has 16 heavy (non-hydrogen) atoms. The van der Waals surface area contributed by atoms with E-state index in [2.05, 4.69) is 40.6 Å². The van der Waals surface area contributed by atoms with Crippen LogP contribution in [0.3, 0.4) is 0 Å². The fourth-order valence-electron chi connectivity index (χ4n) is 1.73. The summed E-state index contributed by atoms with van der Waals surface area (Å²) in [6, 6.07) is 8.22. The Bertz CT molecular complexity index is 610. The van der Waals surface area contributed by atoms with Gasteiger partial charge in [-0.05, 0) is 30.0 Å². The van der Waals surface area contributed by atoms with Crippen LogP contribution < -0.4 is 0 Å². The molecule has 3 rings (SSSR count). The first-order valence-corrected chi connectivity index (χ1v) is 6.04. The molecule has 0 fully saturated rings. The molecule has 3 aromatic heterocycles. The van der Waals surface area contributed by atoms with Crippen LogP contribution in [0.15, 0.2) is 35.8 Å². The molecule has 80 valence electrons. The maximum Gasteiger partial charge on any atom is 0.158 e. The highest BCUT2D eigenvalue weighted by molar-refractivity contribution is 7.09. The van der Waals surface area contributed by atoms with Crippen molar-refractivity contribution in [3.8, 4) is 0 Å². The second kappa shape index (κ2) is 3.72. The minimum Gasteiger partial charge on any atom is -0.221 e. The number of rotatable bonds is 2. The Morgan fingerprint density at radius 1 is 1.31 bits per heavy atom. The first-order chi connectivity index (χ1) is 7.83. The number of aromatic nitrogens is 3.